The van der Waals surface area contributed by atoms with E-state index in [4.69, 9.17) is 0 Å². The summed E-state index contributed by atoms with van der Waals surface area (Å²) in [5.74, 6) is -0.122. The lowest BCUT2D eigenvalue weighted by Gasteiger charge is -2.22. The molecule has 1 aromatic carbocycles. The second kappa shape index (κ2) is 8.62. The Morgan fingerprint density at radius 3 is 2.64 bits per heavy atom. The average molecular weight is 361 g/mol. The van der Waals surface area contributed by atoms with Crippen LogP contribution >= 0.6 is 0 Å². The highest BCUT2D eigenvalue weighted by Gasteiger charge is 2.17. The normalized spacial score (nSPS) is 11.1. The van der Waals surface area contributed by atoms with Gasteiger partial charge in [0, 0.05) is 19.2 Å². The number of hydrogen-bond acceptors (Lipinski definition) is 4. The van der Waals surface area contributed by atoms with Gasteiger partial charge in [-0.15, -0.1) is 0 Å². The second-order valence-corrected chi connectivity index (χ2v) is 7.78. The van der Waals surface area contributed by atoms with Crippen LogP contribution in [0.3, 0.4) is 0 Å². The number of aromatic nitrogens is 1. The third-order valence-corrected chi connectivity index (χ3v) is 4.84. The number of aryl methyl sites for hydroxylation is 1. The standard InChI is InChI=1S/C18H23N3O3S/c1-15-7-5-9-17(13-15)21(25(2,23)24)12-6-10-18(22)20-14-16-8-3-4-11-19-16/h3-5,7-9,11,13H,6,10,12,14H2,1-2H3,(H,20,22). The van der Waals surface area contributed by atoms with Crippen LogP contribution in [0.4, 0.5) is 5.69 Å². The van der Waals surface area contributed by atoms with Gasteiger partial charge < -0.3 is 5.32 Å². The van der Waals surface area contributed by atoms with Crippen molar-refractivity contribution in [2.24, 2.45) is 0 Å². The maximum absolute atomic E-state index is 12.0. The van der Waals surface area contributed by atoms with E-state index < -0.39 is 10.0 Å². The Labute approximate surface area is 148 Å². The fraction of sp³-hybridized carbons (Fsp3) is 0.333. The van der Waals surface area contributed by atoms with Crippen molar-refractivity contribution in [2.75, 3.05) is 17.1 Å². The Kier molecular flexibility index (Phi) is 6.52. The molecule has 6 nitrogen and oxygen atoms in total. The van der Waals surface area contributed by atoms with E-state index >= 15 is 0 Å². The maximum Gasteiger partial charge on any atom is 0.232 e. The van der Waals surface area contributed by atoms with E-state index in [2.05, 4.69) is 10.3 Å². The first-order valence-electron chi connectivity index (χ1n) is 8.07. The molecular formula is C18H23N3O3S. The predicted octanol–water partition coefficient (Wildman–Crippen LogP) is 2.25. The predicted molar refractivity (Wildman–Crippen MR) is 98.7 cm³/mol. The highest BCUT2D eigenvalue weighted by molar-refractivity contribution is 7.92. The zero-order valence-corrected chi connectivity index (χ0v) is 15.3. The molecule has 25 heavy (non-hydrogen) atoms. The van der Waals surface area contributed by atoms with Gasteiger partial charge in [-0.05, 0) is 43.2 Å². The third kappa shape index (κ3) is 6.19. The first-order valence-corrected chi connectivity index (χ1v) is 9.92. The van der Waals surface area contributed by atoms with Gasteiger partial charge in [0.2, 0.25) is 15.9 Å². The first-order chi connectivity index (χ1) is 11.9. The fourth-order valence-corrected chi connectivity index (χ4v) is 3.39. The first kappa shape index (κ1) is 18.9. The number of nitrogens with zero attached hydrogens (tertiary/aromatic N) is 2. The molecule has 2 rings (SSSR count). The van der Waals surface area contributed by atoms with E-state index in [1.807, 2.05) is 43.3 Å². The molecule has 0 saturated carbocycles. The van der Waals surface area contributed by atoms with Crippen molar-refractivity contribution in [1.82, 2.24) is 10.3 Å². The summed E-state index contributed by atoms with van der Waals surface area (Å²) in [5.41, 5.74) is 2.39. The molecule has 0 bridgehead atoms. The number of sulfonamides is 1. The maximum atomic E-state index is 12.0. The summed E-state index contributed by atoms with van der Waals surface area (Å²) >= 11 is 0. The van der Waals surface area contributed by atoms with E-state index in [0.29, 0.717) is 18.7 Å². The number of carbonyl (C=O) groups is 1. The number of amides is 1. The number of carbonyl (C=O) groups excluding carboxylic acids is 1. The second-order valence-electron chi connectivity index (χ2n) is 5.88. The van der Waals surface area contributed by atoms with Crippen molar-refractivity contribution in [3.8, 4) is 0 Å². The van der Waals surface area contributed by atoms with Crippen LogP contribution in [0.2, 0.25) is 0 Å². The molecule has 7 heteroatoms. The summed E-state index contributed by atoms with van der Waals surface area (Å²) in [6.07, 6.45) is 3.55. The highest BCUT2D eigenvalue weighted by Crippen LogP contribution is 2.19. The number of nitrogens with one attached hydrogen (secondary N) is 1. The minimum Gasteiger partial charge on any atom is -0.350 e. The molecule has 0 atom stereocenters. The SMILES string of the molecule is Cc1cccc(N(CCCC(=O)NCc2ccccn2)S(C)(=O)=O)c1. The van der Waals surface area contributed by atoms with Crippen LogP contribution in [0.15, 0.2) is 48.7 Å². The molecule has 0 aliphatic heterocycles. The Hall–Kier alpha value is -2.41. The van der Waals surface area contributed by atoms with Crippen LogP contribution < -0.4 is 9.62 Å². The quantitative estimate of drug-likeness (QED) is 0.782. The van der Waals surface area contributed by atoms with Crippen LogP contribution in [0.5, 0.6) is 0 Å². The molecule has 0 fully saturated rings. The number of anilines is 1. The minimum atomic E-state index is -3.40. The van der Waals surface area contributed by atoms with Crippen molar-refractivity contribution >= 4 is 21.6 Å². The molecule has 0 aliphatic carbocycles. The Balaban J connectivity index is 1.87. The van der Waals surface area contributed by atoms with Crippen molar-refractivity contribution < 1.29 is 13.2 Å². The zero-order valence-electron chi connectivity index (χ0n) is 14.5. The van der Waals surface area contributed by atoms with Crippen molar-refractivity contribution in [3.05, 3.63) is 59.9 Å². The van der Waals surface area contributed by atoms with Gasteiger partial charge in [0.1, 0.15) is 0 Å². The van der Waals surface area contributed by atoms with Crippen LogP contribution in [0.25, 0.3) is 0 Å². The molecule has 1 aromatic heterocycles. The molecular weight excluding hydrogens is 338 g/mol. The van der Waals surface area contributed by atoms with Gasteiger partial charge in [-0.2, -0.15) is 0 Å². The molecule has 0 radical (unpaired) electrons. The molecule has 0 unspecified atom stereocenters. The van der Waals surface area contributed by atoms with Crippen molar-refractivity contribution in [2.45, 2.75) is 26.3 Å². The smallest absolute Gasteiger partial charge is 0.232 e. The van der Waals surface area contributed by atoms with Crippen molar-refractivity contribution in [3.63, 3.8) is 0 Å². The van der Waals surface area contributed by atoms with Gasteiger partial charge in [0.25, 0.3) is 0 Å². The fourth-order valence-electron chi connectivity index (χ4n) is 2.43. The number of rotatable bonds is 8. The summed E-state index contributed by atoms with van der Waals surface area (Å²) in [4.78, 5) is 16.1. The number of hydrogen-bond donors (Lipinski definition) is 1. The van der Waals surface area contributed by atoms with Gasteiger partial charge in [-0.3, -0.25) is 14.1 Å². The lowest BCUT2D eigenvalue weighted by Crippen LogP contribution is -2.32. The summed E-state index contributed by atoms with van der Waals surface area (Å²) < 4.78 is 25.4. The third-order valence-electron chi connectivity index (χ3n) is 3.65. The van der Waals surface area contributed by atoms with E-state index in [1.54, 1.807) is 12.3 Å². The summed E-state index contributed by atoms with van der Waals surface area (Å²) in [6.45, 7) is 2.54. The minimum absolute atomic E-state index is 0.122. The van der Waals surface area contributed by atoms with E-state index in [0.717, 1.165) is 11.3 Å². The van der Waals surface area contributed by atoms with Gasteiger partial charge in [-0.1, -0.05) is 18.2 Å². The van der Waals surface area contributed by atoms with Gasteiger partial charge >= 0.3 is 0 Å². The largest absolute Gasteiger partial charge is 0.350 e. The van der Waals surface area contributed by atoms with E-state index in [9.17, 15) is 13.2 Å². The number of pyridine rings is 1. The molecule has 2 aromatic rings. The number of benzene rings is 1. The van der Waals surface area contributed by atoms with E-state index in [-0.39, 0.29) is 18.9 Å². The Morgan fingerprint density at radius 2 is 2.00 bits per heavy atom. The Morgan fingerprint density at radius 1 is 1.20 bits per heavy atom. The summed E-state index contributed by atoms with van der Waals surface area (Å²) in [5, 5.41) is 2.79. The molecule has 0 aliphatic rings. The summed E-state index contributed by atoms with van der Waals surface area (Å²) in [6, 6.07) is 12.8. The Bertz CT molecular complexity index is 807. The topological polar surface area (TPSA) is 79.4 Å². The van der Waals surface area contributed by atoms with E-state index in [1.165, 1.54) is 10.6 Å². The van der Waals surface area contributed by atoms with Crippen LogP contribution in [-0.2, 0) is 21.4 Å². The van der Waals surface area contributed by atoms with Gasteiger partial charge in [-0.25, -0.2) is 8.42 Å². The summed E-state index contributed by atoms with van der Waals surface area (Å²) in [7, 11) is -3.40. The van der Waals surface area contributed by atoms with Gasteiger partial charge in [0.15, 0.2) is 0 Å². The van der Waals surface area contributed by atoms with Crippen LogP contribution in [0, 0.1) is 6.92 Å². The molecule has 1 amide bonds. The lowest BCUT2D eigenvalue weighted by molar-refractivity contribution is -0.121. The average Bonchev–Trinajstić information content (AvgIpc) is 2.56. The zero-order chi connectivity index (χ0) is 18.3. The molecule has 1 N–H and O–H groups in total. The molecule has 1 heterocycles. The van der Waals surface area contributed by atoms with Crippen LogP contribution in [0.1, 0.15) is 24.1 Å². The highest BCUT2D eigenvalue weighted by atomic mass is 32.2. The molecule has 134 valence electrons. The van der Waals surface area contributed by atoms with Gasteiger partial charge in [0.05, 0.1) is 24.2 Å². The molecule has 0 spiro atoms. The monoisotopic (exact) mass is 361 g/mol. The molecule has 0 saturated heterocycles. The van der Waals surface area contributed by atoms with Crippen LogP contribution in [-0.4, -0.2) is 32.1 Å². The lowest BCUT2D eigenvalue weighted by atomic mass is 10.2. The van der Waals surface area contributed by atoms with Crippen molar-refractivity contribution in [1.29, 1.82) is 0 Å².